The third kappa shape index (κ3) is 2.61. The molecule has 0 aliphatic heterocycles. The maximum atomic E-state index is 13.3. The summed E-state index contributed by atoms with van der Waals surface area (Å²) in [4.78, 5) is 0. The molecule has 2 rings (SSSR count). The number of ether oxygens (including phenoxy) is 1. The van der Waals surface area contributed by atoms with Crippen LogP contribution in [-0.4, -0.2) is 7.11 Å². The highest BCUT2D eigenvalue weighted by atomic mass is 35.5. The lowest BCUT2D eigenvalue weighted by Gasteiger charge is -2.11. The van der Waals surface area contributed by atoms with E-state index < -0.39 is 0 Å². The average Bonchev–Trinajstić information content (AvgIpc) is 3.00. The van der Waals surface area contributed by atoms with Crippen LogP contribution in [0.2, 0.25) is 0 Å². The molecule has 15 heavy (non-hydrogen) atoms. The highest BCUT2D eigenvalue weighted by molar-refractivity contribution is 5.85. The number of hydrogen-bond acceptors (Lipinski definition) is 2. The fourth-order valence-corrected chi connectivity index (χ4v) is 1.62. The molecule has 1 aromatic rings. The number of halogens is 2. The first-order chi connectivity index (χ1) is 6.72. The molecule has 1 aliphatic carbocycles. The summed E-state index contributed by atoms with van der Waals surface area (Å²) in [7, 11) is 1.46. The number of methoxy groups -OCH3 is 1. The van der Waals surface area contributed by atoms with E-state index in [1.54, 1.807) is 6.07 Å². The molecular weight excluding hydrogens is 217 g/mol. The molecule has 1 unspecified atom stereocenters. The zero-order valence-electron chi connectivity index (χ0n) is 8.57. The summed E-state index contributed by atoms with van der Waals surface area (Å²) in [5, 5.41) is 0. The van der Waals surface area contributed by atoms with Crippen molar-refractivity contribution >= 4 is 12.4 Å². The van der Waals surface area contributed by atoms with Gasteiger partial charge in [-0.05, 0) is 36.5 Å². The molecule has 1 atom stereocenters. The Labute approximate surface area is 95.0 Å². The summed E-state index contributed by atoms with van der Waals surface area (Å²) in [6, 6.07) is 4.93. The Morgan fingerprint density at radius 3 is 2.60 bits per heavy atom. The average molecular weight is 232 g/mol. The fraction of sp³-hybridized carbons (Fsp3) is 0.455. The van der Waals surface area contributed by atoms with E-state index in [0.29, 0.717) is 5.92 Å². The second-order valence-corrected chi connectivity index (χ2v) is 3.76. The molecule has 1 saturated carbocycles. The largest absolute Gasteiger partial charge is 0.494 e. The molecule has 0 radical (unpaired) electrons. The number of benzene rings is 1. The Kier molecular flexibility index (Phi) is 3.94. The van der Waals surface area contributed by atoms with Crippen LogP contribution in [0.1, 0.15) is 24.4 Å². The third-order valence-electron chi connectivity index (χ3n) is 2.69. The molecule has 0 aromatic heterocycles. The van der Waals surface area contributed by atoms with Gasteiger partial charge in [0.15, 0.2) is 11.6 Å². The molecule has 0 heterocycles. The van der Waals surface area contributed by atoms with Crippen molar-refractivity contribution in [2.75, 3.05) is 7.11 Å². The molecule has 1 fully saturated rings. The number of nitrogens with two attached hydrogens (primary N) is 1. The minimum Gasteiger partial charge on any atom is -0.494 e. The Morgan fingerprint density at radius 1 is 1.47 bits per heavy atom. The highest BCUT2D eigenvalue weighted by Gasteiger charge is 2.29. The second kappa shape index (κ2) is 4.81. The predicted molar refractivity (Wildman–Crippen MR) is 59.9 cm³/mol. The summed E-state index contributed by atoms with van der Waals surface area (Å²) >= 11 is 0. The second-order valence-electron chi connectivity index (χ2n) is 3.76. The fourth-order valence-electron chi connectivity index (χ4n) is 1.62. The van der Waals surface area contributed by atoms with E-state index in [2.05, 4.69) is 0 Å². The van der Waals surface area contributed by atoms with E-state index in [1.165, 1.54) is 13.2 Å². The van der Waals surface area contributed by atoms with Crippen molar-refractivity contribution in [3.8, 4) is 5.75 Å². The summed E-state index contributed by atoms with van der Waals surface area (Å²) in [6.07, 6.45) is 2.32. The minimum atomic E-state index is -0.332. The Hall–Kier alpha value is -0.800. The summed E-state index contributed by atoms with van der Waals surface area (Å²) in [6.45, 7) is 0. The minimum absolute atomic E-state index is 0. The molecule has 0 amide bonds. The van der Waals surface area contributed by atoms with Crippen molar-refractivity contribution in [1.29, 1.82) is 0 Å². The van der Waals surface area contributed by atoms with Crippen LogP contribution in [0.15, 0.2) is 18.2 Å². The van der Waals surface area contributed by atoms with Gasteiger partial charge in [0.05, 0.1) is 7.11 Å². The van der Waals surface area contributed by atoms with Crippen LogP contribution in [-0.2, 0) is 0 Å². The maximum Gasteiger partial charge on any atom is 0.165 e. The SMILES string of the molecule is COc1ccc(C(N)C2CC2)cc1F.Cl. The van der Waals surface area contributed by atoms with Crippen LogP contribution in [0.3, 0.4) is 0 Å². The quantitative estimate of drug-likeness (QED) is 0.868. The van der Waals surface area contributed by atoms with E-state index in [9.17, 15) is 4.39 Å². The first kappa shape index (κ1) is 12.3. The topological polar surface area (TPSA) is 35.2 Å². The molecule has 1 aromatic carbocycles. The molecule has 0 bridgehead atoms. The first-order valence-electron chi connectivity index (χ1n) is 4.81. The Bertz CT molecular complexity index is 341. The van der Waals surface area contributed by atoms with Crippen molar-refractivity contribution in [3.05, 3.63) is 29.6 Å². The summed E-state index contributed by atoms with van der Waals surface area (Å²) < 4.78 is 18.2. The van der Waals surface area contributed by atoms with Gasteiger partial charge in [-0.2, -0.15) is 0 Å². The molecule has 1 aliphatic rings. The lowest BCUT2D eigenvalue weighted by molar-refractivity contribution is 0.385. The van der Waals surface area contributed by atoms with Gasteiger partial charge in [0.1, 0.15) is 0 Å². The molecule has 2 nitrogen and oxygen atoms in total. The number of rotatable bonds is 3. The van der Waals surface area contributed by atoms with E-state index in [0.717, 1.165) is 18.4 Å². The van der Waals surface area contributed by atoms with Gasteiger partial charge in [0, 0.05) is 6.04 Å². The van der Waals surface area contributed by atoms with Crippen LogP contribution in [0.25, 0.3) is 0 Å². The molecule has 0 spiro atoms. The molecular formula is C11H15ClFNO. The van der Waals surface area contributed by atoms with Crippen LogP contribution < -0.4 is 10.5 Å². The van der Waals surface area contributed by atoms with Gasteiger partial charge in [-0.1, -0.05) is 6.07 Å². The molecule has 2 N–H and O–H groups in total. The highest BCUT2D eigenvalue weighted by Crippen LogP contribution is 2.39. The first-order valence-corrected chi connectivity index (χ1v) is 4.81. The van der Waals surface area contributed by atoms with Crippen molar-refractivity contribution < 1.29 is 9.13 Å². The van der Waals surface area contributed by atoms with Gasteiger partial charge in [-0.3, -0.25) is 0 Å². The molecule has 4 heteroatoms. The zero-order chi connectivity index (χ0) is 10.1. The van der Waals surface area contributed by atoms with Gasteiger partial charge in [0.25, 0.3) is 0 Å². The third-order valence-corrected chi connectivity index (χ3v) is 2.69. The smallest absolute Gasteiger partial charge is 0.165 e. The van der Waals surface area contributed by atoms with Crippen LogP contribution >= 0.6 is 12.4 Å². The normalized spacial score (nSPS) is 16.7. The van der Waals surface area contributed by atoms with Crippen molar-refractivity contribution in [2.45, 2.75) is 18.9 Å². The van der Waals surface area contributed by atoms with Gasteiger partial charge in [-0.25, -0.2) is 4.39 Å². The summed E-state index contributed by atoms with van der Waals surface area (Å²) in [5.41, 5.74) is 6.82. The monoisotopic (exact) mass is 231 g/mol. The van der Waals surface area contributed by atoms with Crippen LogP contribution in [0, 0.1) is 11.7 Å². The standard InChI is InChI=1S/C11H14FNO.ClH/c1-14-10-5-4-8(6-9(10)12)11(13)7-2-3-7;/h4-7,11H,2-3,13H2,1H3;1H. The van der Waals surface area contributed by atoms with E-state index >= 15 is 0 Å². The molecule has 84 valence electrons. The van der Waals surface area contributed by atoms with Crippen molar-refractivity contribution in [2.24, 2.45) is 11.7 Å². The van der Waals surface area contributed by atoms with Gasteiger partial charge in [0.2, 0.25) is 0 Å². The lowest BCUT2D eigenvalue weighted by Crippen LogP contribution is -2.12. The Morgan fingerprint density at radius 2 is 2.13 bits per heavy atom. The van der Waals surface area contributed by atoms with Crippen molar-refractivity contribution in [3.63, 3.8) is 0 Å². The van der Waals surface area contributed by atoms with Gasteiger partial charge >= 0.3 is 0 Å². The maximum absolute atomic E-state index is 13.3. The van der Waals surface area contributed by atoms with Gasteiger partial charge < -0.3 is 10.5 Å². The van der Waals surface area contributed by atoms with E-state index in [4.69, 9.17) is 10.5 Å². The predicted octanol–water partition coefficient (Wildman–Crippen LogP) is 2.67. The van der Waals surface area contributed by atoms with E-state index in [1.807, 2.05) is 6.07 Å². The Balaban J connectivity index is 0.00000112. The van der Waals surface area contributed by atoms with Gasteiger partial charge in [-0.15, -0.1) is 12.4 Å². The van der Waals surface area contributed by atoms with Crippen LogP contribution in [0.5, 0.6) is 5.75 Å². The number of hydrogen-bond donors (Lipinski definition) is 1. The lowest BCUT2D eigenvalue weighted by atomic mass is 10.0. The zero-order valence-corrected chi connectivity index (χ0v) is 9.39. The van der Waals surface area contributed by atoms with E-state index in [-0.39, 0.29) is 30.0 Å². The molecule has 0 saturated heterocycles. The van der Waals surface area contributed by atoms with Crippen molar-refractivity contribution in [1.82, 2.24) is 0 Å². The van der Waals surface area contributed by atoms with Crippen LogP contribution in [0.4, 0.5) is 4.39 Å². The summed E-state index contributed by atoms with van der Waals surface area (Å²) in [5.74, 6) is 0.487.